The highest BCUT2D eigenvalue weighted by atomic mass is 16.7. The molecule has 0 amide bonds. The van der Waals surface area contributed by atoms with Crippen LogP contribution in [0.3, 0.4) is 0 Å². The second kappa shape index (κ2) is 2.32. The summed E-state index contributed by atoms with van der Waals surface area (Å²) in [4.78, 5) is 0. The Hall–Kier alpha value is -0.900. The number of hydrogen-bond acceptors (Lipinski definition) is 3. The van der Waals surface area contributed by atoms with E-state index in [2.05, 4.69) is 12.1 Å². The minimum absolute atomic E-state index is 0.0660. The number of fused-ring (bicyclic) bond motifs is 3. The maximum atomic E-state index is 6.07. The van der Waals surface area contributed by atoms with Crippen LogP contribution in [0.15, 0.2) is 24.3 Å². The number of hydrogen-bond donors (Lipinski definition) is 1. The molecule has 3 nitrogen and oxygen atoms in total. The van der Waals surface area contributed by atoms with E-state index in [0.29, 0.717) is 6.79 Å². The van der Waals surface area contributed by atoms with Gasteiger partial charge in [0.25, 0.3) is 0 Å². The summed E-state index contributed by atoms with van der Waals surface area (Å²) in [5.41, 5.74) is 7.89. The number of benzene rings is 1. The molecule has 0 radical (unpaired) electrons. The van der Waals surface area contributed by atoms with E-state index in [1.54, 1.807) is 0 Å². The van der Waals surface area contributed by atoms with Crippen LogP contribution in [0.4, 0.5) is 0 Å². The van der Waals surface area contributed by atoms with E-state index in [-0.39, 0.29) is 6.10 Å². The zero-order valence-corrected chi connectivity index (χ0v) is 7.19. The second-order valence-electron chi connectivity index (χ2n) is 3.64. The fourth-order valence-electron chi connectivity index (χ4n) is 2.17. The molecular weight excluding hydrogens is 166 g/mol. The molecule has 0 bridgehead atoms. The van der Waals surface area contributed by atoms with Crippen LogP contribution in [0.1, 0.15) is 17.2 Å². The third-order valence-electron chi connectivity index (χ3n) is 2.81. The van der Waals surface area contributed by atoms with Gasteiger partial charge in [0.15, 0.2) is 5.72 Å². The first-order valence-electron chi connectivity index (χ1n) is 4.42. The van der Waals surface area contributed by atoms with Crippen molar-refractivity contribution in [3.05, 3.63) is 35.4 Å². The fraction of sp³-hybridized carbons (Fsp3) is 0.400. The van der Waals surface area contributed by atoms with Crippen molar-refractivity contribution in [2.45, 2.75) is 18.2 Å². The molecule has 0 spiro atoms. The molecule has 13 heavy (non-hydrogen) atoms. The summed E-state index contributed by atoms with van der Waals surface area (Å²) in [5, 5.41) is 0. The van der Waals surface area contributed by atoms with Crippen molar-refractivity contribution >= 4 is 0 Å². The monoisotopic (exact) mass is 177 g/mol. The molecule has 2 N–H and O–H groups in total. The van der Waals surface area contributed by atoms with Crippen molar-refractivity contribution in [2.24, 2.45) is 5.73 Å². The van der Waals surface area contributed by atoms with Gasteiger partial charge in [-0.05, 0) is 11.1 Å². The summed E-state index contributed by atoms with van der Waals surface area (Å²) in [5.74, 6) is 0. The highest BCUT2D eigenvalue weighted by molar-refractivity contribution is 5.38. The van der Waals surface area contributed by atoms with Gasteiger partial charge in [-0.25, -0.2) is 0 Å². The van der Waals surface area contributed by atoms with Crippen molar-refractivity contribution in [3.8, 4) is 0 Å². The van der Waals surface area contributed by atoms with Crippen molar-refractivity contribution < 1.29 is 9.47 Å². The molecule has 0 aromatic heterocycles. The van der Waals surface area contributed by atoms with E-state index < -0.39 is 5.72 Å². The topological polar surface area (TPSA) is 44.5 Å². The molecule has 3 heteroatoms. The van der Waals surface area contributed by atoms with Gasteiger partial charge in [0.2, 0.25) is 0 Å². The molecule has 1 heterocycles. The van der Waals surface area contributed by atoms with E-state index in [9.17, 15) is 0 Å². The molecule has 1 fully saturated rings. The van der Waals surface area contributed by atoms with E-state index in [0.717, 1.165) is 6.42 Å². The Balaban J connectivity index is 2.13. The lowest BCUT2D eigenvalue weighted by atomic mass is 10.1. The summed E-state index contributed by atoms with van der Waals surface area (Å²) in [7, 11) is 0. The average molecular weight is 177 g/mol. The van der Waals surface area contributed by atoms with Crippen LogP contribution in [-0.4, -0.2) is 12.5 Å². The standard InChI is InChI=1S/C10H11NO2/c11-10-5-7-3-1-2-4-8(7)9(10)12-6-13-10/h1-4,9H,5-6,11H2. The highest BCUT2D eigenvalue weighted by Gasteiger charge is 2.49. The Bertz CT molecular complexity index is 353. The Morgan fingerprint density at radius 3 is 3.15 bits per heavy atom. The minimum atomic E-state index is -0.607. The largest absolute Gasteiger partial charge is 0.343 e. The molecule has 1 aromatic rings. The van der Waals surface area contributed by atoms with Crippen LogP contribution in [0, 0.1) is 0 Å². The average Bonchev–Trinajstić information content (AvgIpc) is 2.58. The Kier molecular flexibility index (Phi) is 1.34. The predicted octanol–water partition coefficient (Wildman–Crippen LogP) is 0.943. The Morgan fingerprint density at radius 1 is 1.38 bits per heavy atom. The van der Waals surface area contributed by atoms with E-state index >= 15 is 0 Å². The number of rotatable bonds is 0. The Labute approximate surface area is 76.4 Å². The number of nitrogens with two attached hydrogens (primary N) is 1. The summed E-state index contributed by atoms with van der Waals surface area (Å²) < 4.78 is 10.9. The summed E-state index contributed by atoms with van der Waals surface area (Å²) in [6, 6.07) is 8.16. The molecule has 1 aliphatic carbocycles. The van der Waals surface area contributed by atoms with Gasteiger partial charge >= 0.3 is 0 Å². The van der Waals surface area contributed by atoms with Gasteiger partial charge in [-0.1, -0.05) is 24.3 Å². The lowest BCUT2D eigenvalue weighted by Gasteiger charge is -2.19. The number of ether oxygens (including phenoxy) is 2. The van der Waals surface area contributed by atoms with Crippen LogP contribution < -0.4 is 5.73 Å². The zero-order valence-electron chi connectivity index (χ0n) is 7.19. The molecular formula is C10H11NO2. The van der Waals surface area contributed by atoms with Crippen molar-refractivity contribution in [1.29, 1.82) is 0 Å². The first-order valence-corrected chi connectivity index (χ1v) is 4.42. The van der Waals surface area contributed by atoms with Gasteiger partial charge in [0.05, 0.1) is 0 Å². The SMILES string of the molecule is NC12Cc3ccccc3C1OCO2. The maximum absolute atomic E-state index is 6.07. The van der Waals surface area contributed by atoms with Crippen molar-refractivity contribution in [1.82, 2.24) is 0 Å². The molecule has 2 unspecified atom stereocenters. The molecule has 3 rings (SSSR count). The molecule has 2 aliphatic rings. The molecule has 68 valence electrons. The Morgan fingerprint density at radius 2 is 2.23 bits per heavy atom. The summed E-state index contributed by atoms with van der Waals surface area (Å²) in [6.45, 7) is 0.315. The zero-order chi connectivity index (χ0) is 8.89. The normalized spacial score (nSPS) is 35.9. The van der Waals surface area contributed by atoms with Crippen LogP contribution in [0.5, 0.6) is 0 Å². The van der Waals surface area contributed by atoms with Crippen molar-refractivity contribution in [2.75, 3.05) is 6.79 Å². The van der Waals surface area contributed by atoms with E-state index in [1.165, 1.54) is 11.1 Å². The summed E-state index contributed by atoms with van der Waals surface area (Å²) >= 11 is 0. The fourth-order valence-corrected chi connectivity index (χ4v) is 2.17. The van der Waals surface area contributed by atoms with Gasteiger partial charge in [0, 0.05) is 6.42 Å². The third kappa shape index (κ3) is 0.892. The van der Waals surface area contributed by atoms with Crippen LogP contribution in [0.25, 0.3) is 0 Å². The lowest BCUT2D eigenvalue weighted by Crippen LogP contribution is -2.42. The molecule has 0 saturated carbocycles. The molecule has 1 saturated heterocycles. The molecule has 2 atom stereocenters. The van der Waals surface area contributed by atoms with Crippen molar-refractivity contribution in [3.63, 3.8) is 0 Å². The first-order chi connectivity index (χ1) is 6.30. The van der Waals surface area contributed by atoms with Crippen LogP contribution in [0.2, 0.25) is 0 Å². The smallest absolute Gasteiger partial charge is 0.154 e. The van der Waals surface area contributed by atoms with Gasteiger partial charge in [-0.15, -0.1) is 0 Å². The van der Waals surface area contributed by atoms with Gasteiger partial charge in [-0.3, -0.25) is 0 Å². The second-order valence-corrected chi connectivity index (χ2v) is 3.64. The van der Waals surface area contributed by atoms with E-state index in [1.807, 2.05) is 12.1 Å². The lowest BCUT2D eigenvalue weighted by molar-refractivity contribution is -0.00413. The molecule has 1 aliphatic heterocycles. The summed E-state index contributed by atoms with van der Waals surface area (Å²) in [6.07, 6.45) is 0.692. The third-order valence-corrected chi connectivity index (χ3v) is 2.81. The van der Waals surface area contributed by atoms with Crippen LogP contribution in [-0.2, 0) is 15.9 Å². The maximum Gasteiger partial charge on any atom is 0.154 e. The van der Waals surface area contributed by atoms with Crippen LogP contribution >= 0.6 is 0 Å². The van der Waals surface area contributed by atoms with Gasteiger partial charge < -0.3 is 15.2 Å². The van der Waals surface area contributed by atoms with Gasteiger partial charge in [-0.2, -0.15) is 0 Å². The van der Waals surface area contributed by atoms with Gasteiger partial charge in [0.1, 0.15) is 12.9 Å². The van der Waals surface area contributed by atoms with E-state index in [4.69, 9.17) is 15.2 Å². The highest BCUT2D eigenvalue weighted by Crippen LogP contribution is 2.44. The predicted molar refractivity (Wildman–Crippen MR) is 46.8 cm³/mol. The molecule has 1 aromatic carbocycles. The minimum Gasteiger partial charge on any atom is -0.343 e. The quantitative estimate of drug-likeness (QED) is 0.641. The first kappa shape index (κ1) is 7.50.